The summed E-state index contributed by atoms with van der Waals surface area (Å²) >= 11 is 1.59. The maximum Gasteiger partial charge on any atom is 0.220 e. The number of nitrogens with one attached hydrogen (secondary N) is 1. The molecule has 0 saturated heterocycles. The maximum atomic E-state index is 12.0. The number of aliphatic hydroxyl groups is 1. The molecule has 2 heterocycles. The van der Waals surface area contributed by atoms with Crippen molar-refractivity contribution in [2.45, 2.75) is 32.3 Å². The molecule has 1 amide bonds. The average molecular weight is 343 g/mol. The van der Waals surface area contributed by atoms with Gasteiger partial charge in [0.05, 0.1) is 11.8 Å². The zero-order valence-electron chi connectivity index (χ0n) is 13.6. The molecule has 5 nitrogen and oxygen atoms in total. The number of aryl methyl sites for hydroxylation is 2. The summed E-state index contributed by atoms with van der Waals surface area (Å²) in [5.41, 5.74) is 3.14. The van der Waals surface area contributed by atoms with E-state index in [1.165, 1.54) is 0 Å². The van der Waals surface area contributed by atoms with Gasteiger partial charge in [-0.3, -0.25) is 9.20 Å². The van der Waals surface area contributed by atoms with Crippen molar-refractivity contribution in [2.24, 2.45) is 0 Å². The zero-order valence-corrected chi connectivity index (χ0v) is 14.4. The van der Waals surface area contributed by atoms with E-state index in [0.29, 0.717) is 19.3 Å². The second-order valence-electron chi connectivity index (χ2n) is 5.91. The summed E-state index contributed by atoms with van der Waals surface area (Å²) in [5.74, 6) is -0.0432. The molecule has 1 atom stereocenters. The third kappa shape index (κ3) is 4.21. The second kappa shape index (κ2) is 7.59. The van der Waals surface area contributed by atoms with Crippen LogP contribution in [0, 0.1) is 6.92 Å². The van der Waals surface area contributed by atoms with Gasteiger partial charge in [-0.15, -0.1) is 11.3 Å². The van der Waals surface area contributed by atoms with Gasteiger partial charge in [0.2, 0.25) is 5.91 Å². The monoisotopic (exact) mass is 343 g/mol. The van der Waals surface area contributed by atoms with Crippen molar-refractivity contribution >= 4 is 22.2 Å². The Morgan fingerprint density at radius 1 is 1.38 bits per heavy atom. The molecule has 126 valence electrons. The number of imidazole rings is 1. The Bertz CT molecular complexity index is 810. The fraction of sp³-hybridized carbons (Fsp3) is 0.333. The van der Waals surface area contributed by atoms with Crippen molar-refractivity contribution in [3.05, 3.63) is 58.9 Å². The SMILES string of the molecule is Cc1cn2c(CCC(=O)NCC(O)Cc3ccccc3)csc2n1. The van der Waals surface area contributed by atoms with E-state index in [4.69, 9.17) is 0 Å². The molecular weight excluding hydrogens is 322 g/mol. The first kappa shape index (κ1) is 16.7. The molecule has 24 heavy (non-hydrogen) atoms. The number of benzene rings is 1. The number of amides is 1. The van der Waals surface area contributed by atoms with E-state index in [-0.39, 0.29) is 12.5 Å². The second-order valence-corrected chi connectivity index (χ2v) is 6.75. The summed E-state index contributed by atoms with van der Waals surface area (Å²) in [5, 5.41) is 14.9. The molecule has 0 saturated carbocycles. The molecule has 0 aliphatic rings. The van der Waals surface area contributed by atoms with Crippen LogP contribution in [0.5, 0.6) is 0 Å². The van der Waals surface area contributed by atoms with Crippen LogP contribution in [0.4, 0.5) is 0 Å². The molecule has 2 aromatic heterocycles. The summed E-state index contributed by atoms with van der Waals surface area (Å²) < 4.78 is 2.04. The minimum absolute atomic E-state index is 0.0432. The van der Waals surface area contributed by atoms with Crippen molar-refractivity contribution in [1.82, 2.24) is 14.7 Å². The van der Waals surface area contributed by atoms with Crippen LogP contribution in [0.2, 0.25) is 0 Å². The Kier molecular flexibility index (Phi) is 5.27. The van der Waals surface area contributed by atoms with Crippen LogP contribution in [0.1, 0.15) is 23.4 Å². The van der Waals surface area contributed by atoms with Crippen LogP contribution in [0.3, 0.4) is 0 Å². The Hall–Kier alpha value is -2.18. The molecule has 2 N–H and O–H groups in total. The Balaban J connectivity index is 1.44. The smallest absolute Gasteiger partial charge is 0.220 e. The molecule has 0 spiro atoms. The molecule has 0 aliphatic heterocycles. The number of rotatable bonds is 7. The highest BCUT2D eigenvalue weighted by Crippen LogP contribution is 2.17. The van der Waals surface area contributed by atoms with E-state index < -0.39 is 6.10 Å². The highest BCUT2D eigenvalue weighted by molar-refractivity contribution is 7.15. The van der Waals surface area contributed by atoms with Gasteiger partial charge in [-0.1, -0.05) is 30.3 Å². The highest BCUT2D eigenvalue weighted by Gasteiger charge is 2.10. The molecule has 0 bridgehead atoms. The first-order chi connectivity index (χ1) is 11.6. The average Bonchev–Trinajstić information content (AvgIpc) is 3.11. The van der Waals surface area contributed by atoms with E-state index in [0.717, 1.165) is 21.9 Å². The number of fused-ring (bicyclic) bond motifs is 1. The summed E-state index contributed by atoms with van der Waals surface area (Å²) in [4.78, 5) is 17.4. The number of carbonyl (C=O) groups is 1. The molecule has 3 rings (SSSR count). The third-order valence-corrected chi connectivity index (χ3v) is 4.75. The van der Waals surface area contributed by atoms with Crippen LogP contribution in [-0.4, -0.2) is 33.0 Å². The van der Waals surface area contributed by atoms with E-state index in [2.05, 4.69) is 10.3 Å². The van der Waals surface area contributed by atoms with Gasteiger partial charge >= 0.3 is 0 Å². The first-order valence-electron chi connectivity index (χ1n) is 8.02. The maximum absolute atomic E-state index is 12.0. The van der Waals surface area contributed by atoms with Gasteiger partial charge in [0.1, 0.15) is 0 Å². The minimum atomic E-state index is -0.569. The Morgan fingerprint density at radius 2 is 2.17 bits per heavy atom. The summed E-state index contributed by atoms with van der Waals surface area (Å²) in [7, 11) is 0. The highest BCUT2D eigenvalue weighted by atomic mass is 32.1. The number of hydrogen-bond acceptors (Lipinski definition) is 4. The quantitative estimate of drug-likeness (QED) is 0.692. The molecule has 0 aliphatic carbocycles. The predicted molar refractivity (Wildman–Crippen MR) is 95.3 cm³/mol. The molecule has 3 aromatic rings. The lowest BCUT2D eigenvalue weighted by Gasteiger charge is -2.12. The molecular formula is C18H21N3O2S. The fourth-order valence-electron chi connectivity index (χ4n) is 2.64. The van der Waals surface area contributed by atoms with Crippen LogP contribution in [0.25, 0.3) is 4.96 Å². The number of aliphatic hydroxyl groups excluding tert-OH is 1. The summed E-state index contributed by atoms with van der Waals surface area (Å²) in [6.07, 6.45) is 3.03. The van der Waals surface area contributed by atoms with Crippen LogP contribution >= 0.6 is 11.3 Å². The van der Waals surface area contributed by atoms with E-state index in [9.17, 15) is 9.90 Å². The minimum Gasteiger partial charge on any atom is -0.391 e. The van der Waals surface area contributed by atoms with Crippen LogP contribution in [-0.2, 0) is 17.6 Å². The Labute approximate surface area is 145 Å². The third-order valence-electron chi connectivity index (χ3n) is 3.86. The van der Waals surface area contributed by atoms with Gasteiger partial charge < -0.3 is 10.4 Å². The van der Waals surface area contributed by atoms with Crippen molar-refractivity contribution in [1.29, 1.82) is 0 Å². The summed E-state index contributed by atoms with van der Waals surface area (Å²) in [6.45, 7) is 2.24. The fourth-order valence-corrected chi connectivity index (χ4v) is 3.59. The van der Waals surface area contributed by atoms with Crippen molar-refractivity contribution in [3.63, 3.8) is 0 Å². The number of aromatic nitrogens is 2. The number of carbonyl (C=O) groups excluding carboxylic acids is 1. The number of nitrogens with zero attached hydrogens (tertiary/aromatic N) is 2. The van der Waals surface area contributed by atoms with Crippen molar-refractivity contribution in [3.8, 4) is 0 Å². The van der Waals surface area contributed by atoms with Gasteiger partial charge in [0.15, 0.2) is 4.96 Å². The normalized spacial score (nSPS) is 12.4. The number of thiazole rings is 1. The van der Waals surface area contributed by atoms with Gasteiger partial charge in [-0.2, -0.15) is 0 Å². The van der Waals surface area contributed by atoms with Crippen molar-refractivity contribution < 1.29 is 9.90 Å². The molecule has 1 unspecified atom stereocenters. The van der Waals surface area contributed by atoms with Gasteiger partial charge in [0.25, 0.3) is 0 Å². The Morgan fingerprint density at radius 3 is 2.96 bits per heavy atom. The zero-order chi connectivity index (χ0) is 16.9. The standard InChI is InChI=1S/C18H21N3O2S/c1-13-11-21-15(12-24-18(21)20-13)7-8-17(23)19-10-16(22)9-14-5-3-2-4-6-14/h2-6,11-12,16,22H,7-10H2,1H3,(H,19,23). The largest absolute Gasteiger partial charge is 0.391 e. The van der Waals surface area contributed by atoms with E-state index in [1.807, 2.05) is 53.2 Å². The van der Waals surface area contributed by atoms with Crippen molar-refractivity contribution in [2.75, 3.05) is 6.54 Å². The van der Waals surface area contributed by atoms with Gasteiger partial charge in [-0.05, 0) is 18.9 Å². The van der Waals surface area contributed by atoms with Crippen LogP contribution in [0.15, 0.2) is 41.9 Å². The van der Waals surface area contributed by atoms with Gasteiger partial charge in [-0.25, -0.2) is 4.98 Å². The molecule has 1 aromatic carbocycles. The molecule has 0 fully saturated rings. The predicted octanol–water partition coefficient (Wildman–Crippen LogP) is 2.36. The molecule has 6 heteroatoms. The van der Waals surface area contributed by atoms with E-state index >= 15 is 0 Å². The van der Waals surface area contributed by atoms with Gasteiger partial charge in [0, 0.05) is 36.7 Å². The number of hydrogen-bond donors (Lipinski definition) is 2. The summed E-state index contributed by atoms with van der Waals surface area (Å²) in [6, 6.07) is 9.78. The van der Waals surface area contributed by atoms with E-state index in [1.54, 1.807) is 11.3 Å². The topological polar surface area (TPSA) is 66.6 Å². The first-order valence-corrected chi connectivity index (χ1v) is 8.90. The lowest BCUT2D eigenvalue weighted by atomic mass is 10.1. The lowest BCUT2D eigenvalue weighted by Crippen LogP contribution is -2.33. The lowest BCUT2D eigenvalue weighted by molar-refractivity contribution is -0.121. The molecule has 0 radical (unpaired) electrons. The van der Waals surface area contributed by atoms with Crippen LogP contribution < -0.4 is 5.32 Å².